The van der Waals surface area contributed by atoms with Crippen molar-refractivity contribution in [1.29, 1.82) is 0 Å². The Morgan fingerprint density at radius 3 is 2.81 bits per heavy atom. The van der Waals surface area contributed by atoms with Crippen molar-refractivity contribution in [3.05, 3.63) is 51.2 Å². The first-order valence-corrected chi connectivity index (χ1v) is 9.58. The van der Waals surface area contributed by atoms with E-state index in [1.54, 1.807) is 39.9 Å². The number of halogens is 1. The highest BCUT2D eigenvalue weighted by molar-refractivity contribution is 7.89. The Balaban J connectivity index is 2.06. The molecule has 1 aromatic heterocycles. The van der Waals surface area contributed by atoms with E-state index in [9.17, 15) is 8.42 Å². The second-order valence-corrected chi connectivity index (χ2v) is 8.29. The molecule has 1 unspecified atom stereocenters. The summed E-state index contributed by atoms with van der Waals surface area (Å²) in [4.78, 5) is 1.50. The molecule has 0 bridgehead atoms. The van der Waals surface area contributed by atoms with Crippen LogP contribution in [0.4, 0.5) is 0 Å². The number of benzene rings is 1. The second-order valence-electron chi connectivity index (χ2n) is 5.02. The van der Waals surface area contributed by atoms with Crippen LogP contribution in [0.15, 0.2) is 40.6 Å². The van der Waals surface area contributed by atoms with Gasteiger partial charge in [-0.1, -0.05) is 30.7 Å². The number of sulfonamides is 1. The molecule has 1 aliphatic heterocycles. The van der Waals surface area contributed by atoms with Gasteiger partial charge >= 0.3 is 0 Å². The van der Waals surface area contributed by atoms with E-state index in [1.165, 1.54) is 4.88 Å². The molecule has 0 amide bonds. The van der Waals surface area contributed by atoms with Crippen LogP contribution in [0, 0.1) is 0 Å². The SMILES string of the molecule is CCC1c2ccsc2CCN1S(=O)(=O)c1ccccc1Cl. The van der Waals surface area contributed by atoms with Crippen LogP contribution in [-0.2, 0) is 16.4 Å². The van der Waals surface area contributed by atoms with Gasteiger partial charge in [-0.3, -0.25) is 0 Å². The Hall–Kier alpha value is -0.880. The van der Waals surface area contributed by atoms with Crippen molar-refractivity contribution >= 4 is 33.0 Å². The molecule has 0 aliphatic carbocycles. The van der Waals surface area contributed by atoms with Crippen molar-refractivity contribution in [3.63, 3.8) is 0 Å². The molecule has 1 aliphatic rings. The zero-order chi connectivity index (χ0) is 15.0. The maximum Gasteiger partial charge on any atom is 0.245 e. The molecule has 0 saturated carbocycles. The fourth-order valence-corrected chi connectivity index (χ4v) is 5.97. The predicted octanol–water partition coefficient (Wildman–Crippen LogP) is 4.10. The van der Waals surface area contributed by atoms with Crippen molar-refractivity contribution in [1.82, 2.24) is 4.31 Å². The maximum absolute atomic E-state index is 13.0. The third-order valence-electron chi connectivity index (χ3n) is 3.86. The normalized spacial score (nSPS) is 19.4. The molecule has 0 fully saturated rings. The molecule has 0 saturated heterocycles. The molecular formula is C15H16ClNO2S2. The lowest BCUT2D eigenvalue weighted by molar-refractivity contribution is 0.303. The van der Waals surface area contributed by atoms with Gasteiger partial charge in [-0.2, -0.15) is 4.31 Å². The van der Waals surface area contributed by atoms with Gasteiger partial charge in [-0.25, -0.2) is 8.42 Å². The molecular weight excluding hydrogens is 326 g/mol. The van der Waals surface area contributed by atoms with Gasteiger partial charge in [0.05, 0.1) is 11.1 Å². The third-order valence-corrected chi connectivity index (χ3v) is 7.26. The largest absolute Gasteiger partial charge is 0.245 e. The molecule has 1 aromatic carbocycles. The molecule has 3 nitrogen and oxygen atoms in total. The van der Waals surface area contributed by atoms with E-state index < -0.39 is 10.0 Å². The third kappa shape index (κ3) is 2.52. The van der Waals surface area contributed by atoms with Gasteiger partial charge in [0, 0.05) is 11.4 Å². The molecule has 112 valence electrons. The summed E-state index contributed by atoms with van der Waals surface area (Å²) >= 11 is 7.80. The highest BCUT2D eigenvalue weighted by Crippen LogP contribution is 2.39. The Morgan fingerprint density at radius 2 is 2.10 bits per heavy atom. The number of hydrogen-bond acceptors (Lipinski definition) is 3. The summed E-state index contributed by atoms with van der Waals surface area (Å²) < 4.78 is 27.5. The molecule has 0 spiro atoms. The zero-order valence-electron chi connectivity index (χ0n) is 11.6. The first-order chi connectivity index (χ1) is 10.1. The smallest absolute Gasteiger partial charge is 0.207 e. The molecule has 0 N–H and O–H groups in total. The Bertz CT molecular complexity index is 755. The summed E-state index contributed by atoms with van der Waals surface area (Å²) in [6, 6.07) is 8.60. The van der Waals surface area contributed by atoms with E-state index in [0.29, 0.717) is 6.54 Å². The first kappa shape index (κ1) is 15.0. The molecule has 2 heterocycles. The number of thiophene rings is 1. The minimum absolute atomic E-state index is 0.0960. The van der Waals surface area contributed by atoms with Crippen LogP contribution in [-0.4, -0.2) is 19.3 Å². The number of fused-ring (bicyclic) bond motifs is 1. The molecule has 2 aromatic rings. The minimum atomic E-state index is -3.57. The quantitative estimate of drug-likeness (QED) is 0.842. The Morgan fingerprint density at radius 1 is 1.33 bits per heavy atom. The van der Waals surface area contributed by atoms with E-state index in [4.69, 9.17) is 11.6 Å². The summed E-state index contributed by atoms with van der Waals surface area (Å²) in [5, 5.41) is 2.32. The maximum atomic E-state index is 13.0. The zero-order valence-corrected chi connectivity index (χ0v) is 14.0. The van der Waals surface area contributed by atoms with Crippen molar-refractivity contribution in [2.45, 2.75) is 30.7 Å². The van der Waals surface area contributed by atoms with Gasteiger partial charge in [-0.15, -0.1) is 11.3 Å². The lowest BCUT2D eigenvalue weighted by Crippen LogP contribution is -2.39. The topological polar surface area (TPSA) is 37.4 Å². The van der Waals surface area contributed by atoms with Crippen molar-refractivity contribution < 1.29 is 8.42 Å². The van der Waals surface area contributed by atoms with Gasteiger partial charge < -0.3 is 0 Å². The standard InChI is InChI=1S/C15H16ClNO2S2/c1-2-13-11-8-10-20-14(11)7-9-17(13)21(18,19)15-6-4-3-5-12(15)16/h3-6,8,10,13H,2,7,9H2,1H3. The Labute approximate surface area is 134 Å². The van der Waals surface area contributed by atoms with Crippen molar-refractivity contribution in [3.8, 4) is 0 Å². The van der Waals surface area contributed by atoms with Gasteiger partial charge in [0.25, 0.3) is 0 Å². The van der Waals surface area contributed by atoms with Crippen LogP contribution in [0.3, 0.4) is 0 Å². The average molecular weight is 342 g/mol. The first-order valence-electron chi connectivity index (χ1n) is 6.88. The van der Waals surface area contributed by atoms with Crippen LogP contribution in [0.25, 0.3) is 0 Å². The van der Waals surface area contributed by atoms with E-state index >= 15 is 0 Å². The van der Waals surface area contributed by atoms with E-state index in [2.05, 4.69) is 0 Å². The fourth-order valence-electron chi connectivity index (χ4n) is 2.86. The summed E-state index contributed by atoms with van der Waals surface area (Å²) in [6.45, 7) is 2.53. The minimum Gasteiger partial charge on any atom is -0.207 e. The summed E-state index contributed by atoms with van der Waals surface area (Å²) in [5.74, 6) is 0. The lowest BCUT2D eigenvalue weighted by atomic mass is 10.0. The lowest BCUT2D eigenvalue weighted by Gasteiger charge is -2.34. The van der Waals surface area contributed by atoms with E-state index in [0.717, 1.165) is 18.4 Å². The summed E-state index contributed by atoms with van der Waals surface area (Å²) in [5.41, 5.74) is 1.14. The van der Waals surface area contributed by atoms with Crippen molar-refractivity contribution in [2.75, 3.05) is 6.54 Å². The molecule has 21 heavy (non-hydrogen) atoms. The summed E-state index contributed by atoms with van der Waals surface area (Å²) in [6.07, 6.45) is 1.53. The molecule has 3 rings (SSSR count). The average Bonchev–Trinajstić information content (AvgIpc) is 2.94. The van der Waals surface area contributed by atoms with Crippen LogP contribution in [0.2, 0.25) is 5.02 Å². The van der Waals surface area contributed by atoms with Crippen LogP contribution in [0.5, 0.6) is 0 Å². The van der Waals surface area contributed by atoms with Crippen LogP contribution in [0.1, 0.15) is 29.8 Å². The number of rotatable bonds is 3. The van der Waals surface area contributed by atoms with Crippen molar-refractivity contribution in [2.24, 2.45) is 0 Å². The fraction of sp³-hybridized carbons (Fsp3) is 0.333. The van der Waals surface area contributed by atoms with Gasteiger partial charge in [-0.05, 0) is 42.0 Å². The van der Waals surface area contributed by atoms with Gasteiger partial charge in [0.2, 0.25) is 10.0 Å². The molecule has 6 heteroatoms. The number of nitrogens with zero attached hydrogens (tertiary/aromatic N) is 1. The molecule has 0 radical (unpaired) electrons. The van der Waals surface area contributed by atoms with E-state index in [1.807, 2.05) is 18.4 Å². The summed E-state index contributed by atoms with van der Waals surface area (Å²) in [7, 11) is -3.57. The highest BCUT2D eigenvalue weighted by atomic mass is 35.5. The van der Waals surface area contributed by atoms with Crippen LogP contribution >= 0.6 is 22.9 Å². The second kappa shape index (κ2) is 5.72. The van der Waals surface area contributed by atoms with Crippen LogP contribution < -0.4 is 0 Å². The van der Waals surface area contributed by atoms with E-state index in [-0.39, 0.29) is 16.0 Å². The molecule has 1 atom stereocenters. The highest BCUT2D eigenvalue weighted by Gasteiger charge is 2.36. The predicted molar refractivity (Wildman–Crippen MR) is 86.4 cm³/mol. The number of hydrogen-bond donors (Lipinski definition) is 0. The van der Waals surface area contributed by atoms with Gasteiger partial charge in [0.1, 0.15) is 4.90 Å². The monoisotopic (exact) mass is 341 g/mol. The van der Waals surface area contributed by atoms with Gasteiger partial charge in [0.15, 0.2) is 0 Å². The Kier molecular flexibility index (Phi) is 4.10.